The second-order valence-corrected chi connectivity index (χ2v) is 3.69. The molecule has 0 bridgehead atoms. The molecule has 0 aliphatic carbocycles. The average Bonchev–Trinajstić information content (AvgIpc) is 2.18. The first kappa shape index (κ1) is 11.2. The van der Waals surface area contributed by atoms with Gasteiger partial charge in [0.25, 0.3) is 5.91 Å². The van der Waals surface area contributed by atoms with Crippen LogP contribution in [0, 0.1) is 5.82 Å². The number of carbonyl (C=O) groups is 1. The molecule has 1 amide bonds. The maximum Gasteiger partial charge on any atom is 0.255 e. The number of amides is 1. The number of nitrogens with one attached hydrogen (secondary N) is 1. The Balaban J connectivity index is 2.83. The van der Waals surface area contributed by atoms with Crippen molar-refractivity contribution in [2.45, 2.75) is 0 Å². The second kappa shape index (κ2) is 5.14. The smallest absolute Gasteiger partial charge is 0.255 e. The highest BCUT2D eigenvalue weighted by molar-refractivity contribution is 14.1. The Bertz CT molecular complexity index is 344. The number of phenols is 1. The first-order valence-electron chi connectivity index (χ1n) is 3.98. The van der Waals surface area contributed by atoms with E-state index in [1.165, 1.54) is 0 Å². The maximum absolute atomic E-state index is 12.7. The number of halogens is 2. The summed E-state index contributed by atoms with van der Waals surface area (Å²) in [6, 6.07) is 3.27. The van der Waals surface area contributed by atoms with E-state index < -0.39 is 11.7 Å². The van der Waals surface area contributed by atoms with Gasteiger partial charge in [-0.1, -0.05) is 22.6 Å². The zero-order chi connectivity index (χ0) is 10.6. The van der Waals surface area contributed by atoms with Crippen molar-refractivity contribution in [1.29, 1.82) is 0 Å². The lowest BCUT2D eigenvalue weighted by Crippen LogP contribution is -2.25. The number of hydrogen-bond acceptors (Lipinski definition) is 2. The highest BCUT2D eigenvalue weighted by Crippen LogP contribution is 2.17. The predicted molar refractivity (Wildman–Crippen MR) is 59.3 cm³/mol. The number of phenolic OH excluding ortho intramolecular Hbond substituents is 1. The Morgan fingerprint density at radius 1 is 1.57 bits per heavy atom. The van der Waals surface area contributed by atoms with Gasteiger partial charge in [-0.3, -0.25) is 4.79 Å². The van der Waals surface area contributed by atoms with Gasteiger partial charge < -0.3 is 10.4 Å². The van der Waals surface area contributed by atoms with Crippen molar-refractivity contribution in [3.63, 3.8) is 0 Å². The van der Waals surface area contributed by atoms with Gasteiger partial charge in [0.15, 0.2) is 0 Å². The summed E-state index contributed by atoms with van der Waals surface area (Å²) < 4.78 is 13.5. The van der Waals surface area contributed by atoms with E-state index in [1.54, 1.807) is 0 Å². The van der Waals surface area contributed by atoms with Crippen molar-refractivity contribution in [2.75, 3.05) is 11.0 Å². The molecule has 0 aliphatic heterocycles. The van der Waals surface area contributed by atoms with E-state index in [0.717, 1.165) is 22.6 Å². The summed E-state index contributed by atoms with van der Waals surface area (Å²) in [6.45, 7) is 0.495. The van der Waals surface area contributed by atoms with E-state index >= 15 is 0 Å². The molecule has 0 radical (unpaired) electrons. The molecule has 0 unspecified atom stereocenters. The Morgan fingerprint density at radius 2 is 2.29 bits per heavy atom. The molecule has 1 aromatic carbocycles. The zero-order valence-corrected chi connectivity index (χ0v) is 9.42. The molecule has 2 N–H and O–H groups in total. The Labute approximate surface area is 94.5 Å². The maximum atomic E-state index is 12.7. The Hall–Kier alpha value is -0.850. The summed E-state index contributed by atoms with van der Waals surface area (Å²) in [5.74, 6) is -1.21. The molecule has 1 aromatic rings. The molecule has 0 spiro atoms. The zero-order valence-electron chi connectivity index (χ0n) is 7.26. The number of benzene rings is 1. The van der Waals surface area contributed by atoms with Gasteiger partial charge in [-0.15, -0.1) is 0 Å². The van der Waals surface area contributed by atoms with Gasteiger partial charge in [0.2, 0.25) is 0 Å². The van der Waals surface area contributed by atoms with Crippen molar-refractivity contribution in [3.8, 4) is 5.75 Å². The molecule has 0 aliphatic rings. The molecule has 0 heterocycles. The molecule has 1 rings (SSSR count). The molecular weight excluding hydrogens is 300 g/mol. The molecule has 0 fully saturated rings. The van der Waals surface area contributed by atoms with E-state index in [9.17, 15) is 14.3 Å². The highest BCUT2D eigenvalue weighted by atomic mass is 127. The third-order valence-electron chi connectivity index (χ3n) is 1.58. The molecule has 3 nitrogen and oxygen atoms in total. The van der Waals surface area contributed by atoms with Crippen LogP contribution in [-0.2, 0) is 0 Å². The summed E-state index contributed by atoms with van der Waals surface area (Å²) in [5.41, 5.74) is -0.0325. The Kier molecular flexibility index (Phi) is 4.12. The van der Waals surface area contributed by atoms with Crippen LogP contribution in [0.1, 0.15) is 10.4 Å². The lowest BCUT2D eigenvalue weighted by Gasteiger charge is -2.04. The van der Waals surface area contributed by atoms with Gasteiger partial charge in [-0.25, -0.2) is 4.39 Å². The first-order chi connectivity index (χ1) is 6.65. The molecule has 5 heteroatoms. The van der Waals surface area contributed by atoms with Crippen molar-refractivity contribution in [1.82, 2.24) is 5.32 Å². The summed E-state index contributed by atoms with van der Waals surface area (Å²) in [7, 11) is 0. The molecule has 14 heavy (non-hydrogen) atoms. The van der Waals surface area contributed by atoms with Crippen LogP contribution in [0.15, 0.2) is 18.2 Å². The number of carbonyl (C=O) groups excluding carboxylic acids is 1. The van der Waals surface area contributed by atoms with Crippen LogP contribution in [0.2, 0.25) is 0 Å². The van der Waals surface area contributed by atoms with Crippen molar-refractivity contribution in [3.05, 3.63) is 29.6 Å². The third-order valence-corrected chi connectivity index (χ3v) is 2.12. The van der Waals surface area contributed by atoms with Crippen LogP contribution in [0.4, 0.5) is 4.39 Å². The van der Waals surface area contributed by atoms with Crippen LogP contribution in [0.3, 0.4) is 0 Å². The van der Waals surface area contributed by atoms with Crippen molar-refractivity contribution in [2.24, 2.45) is 0 Å². The van der Waals surface area contributed by atoms with E-state index in [-0.39, 0.29) is 11.3 Å². The van der Waals surface area contributed by atoms with Gasteiger partial charge in [0, 0.05) is 11.0 Å². The molecule has 0 saturated heterocycles. The van der Waals surface area contributed by atoms with Crippen LogP contribution in [0.25, 0.3) is 0 Å². The Morgan fingerprint density at radius 3 is 2.93 bits per heavy atom. The minimum atomic E-state index is -0.539. The number of hydrogen-bond donors (Lipinski definition) is 2. The number of aromatic hydroxyl groups is 1. The first-order valence-corrected chi connectivity index (χ1v) is 5.50. The van der Waals surface area contributed by atoms with Gasteiger partial charge in [-0.05, 0) is 18.2 Å². The standard InChI is InChI=1S/C9H9FINO2/c10-6-1-2-8(13)7(5-6)9(14)12-4-3-11/h1-2,5,13H,3-4H2,(H,12,14). The van der Waals surface area contributed by atoms with Crippen molar-refractivity contribution >= 4 is 28.5 Å². The van der Waals surface area contributed by atoms with E-state index in [0.29, 0.717) is 6.54 Å². The molecule has 76 valence electrons. The van der Waals surface area contributed by atoms with E-state index in [4.69, 9.17) is 0 Å². The summed E-state index contributed by atoms with van der Waals surface area (Å²) in [4.78, 5) is 11.3. The molecule has 0 atom stereocenters. The molecule has 0 aromatic heterocycles. The summed E-state index contributed by atoms with van der Waals surface area (Å²) >= 11 is 2.10. The quantitative estimate of drug-likeness (QED) is 0.659. The van der Waals surface area contributed by atoms with Crippen LogP contribution < -0.4 is 5.32 Å². The minimum Gasteiger partial charge on any atom is -0.507 e. The van der Waals surface area contributed by atoms with Gasteiger partial charge in [0.05, 0.1) is 5.56 Å². The predicted octanol–water partition coefficient (Wildman–Crippen LogP) is 1.70. The van der Waals surface area contributed by atoms with Crippen molar-refractivity contribution < 1.29 is 14.3 Å². The fourth-order valence-electron chi connectivity index (χ4n) is 0.946. The van der Waals surface area contributed by atoms with Gasteiger partial charge >= 0.3 is 0 Å². The summed E-state index contributed by atoms with van der Waals surface area (Å²) in [6.07, 6.45) is 0. The number of alkyl halides is 1. The second-order valence-electron chi connectivity index (χ2n) is 2.61. The normalized spacial score (nSPS) is 9.86. The largest absolute Gasteiger partial charge is 0.507 e. The topological polar surface area (TPSA) is 49.3 Å². The fourth-order valence-corrected chi connectivity index (χ4v) is 1.22. The lowest BCUT2D eigenvalue weighted by atomic mass is 10.2. The van der Waals surface area contributed by atoms with Gasteiger partial charge in [-0.2, -0.15) is 0 Å². The van der Waals surface area contributed by atoms with E-state index in [1.807, 2.05) is 0 Å². The molecular formula is C9H9FINO2. The minimum absolute atomic E-state index is 0.0325. The van der Waals surface area contributed by atoms with E-state index in [2.05, 4.69) is 27.9 Å². The average molecular weight is 309 g/mol. The van der Waals surface area contributed by atoms with Gasteiger partial charge in [0.1, 0.15) is 11.6 Å². The number of rotatable bonds is 3. The SMILES string of the molecule is O=C(NCCI)c1cc(F)ccc1O. The van der Waals surface area contributed by atoms with Crippen LogP contribution in [0.5, 0.6) is 5.75 Å². The third kappa shape index (κ3) is 2.83. The monoisotopic (exact) mass is 309 g/mol. The fraction of sp³-hybridized carbons (Fsp3) is 0.222. The lowest BCUT2D eigenvalue weighted by molar-refractivity contribution is 0.0953. The molecule has 0 saturated carbocycles. The van der Waals surface area contributed by atoms with Crippen LogP contribution >= 0.6 is 22.6 Å². The summed E-state index contributed by atoms with van der Waals surface area (Å²) in [5, 5.41) is 11.8. The highest BCUT2D eigenvalue weighted by Gasteiger charge is 2.10. The van der Waals surface area contributed by atoms with Crippen LogP contribution in [-0.4, -0.2) is 22.0 Å².